The van der Waals surface area contributed by atoms with Gasteiger partial charge in [-0.2, -0.15) is 5.11 Å². The molecule has 1 aliphatic heterocycles. The van der Waals surface area contributed by atoms with Crippen molar-refractivity contribution < 1.29 is 14.7 Å². The largest absolute Gasteiger partial charge is 0.391 e. The zero-order valence-electron chi connectivity index (χ0n) is 18.3. The number of hydrogen-bond donors (Lipinski definition) is 3. The Morgan fingerprint density at radius 2 is 2.03 bits per heavy atom. The summed E-state index contributed by atoms with van der Waals surface area (Å²) in [5, 5.41) is 16.5. The molecule has 9 heteroatoms. The molecule has 0 bridgehead atoms. The number of hydrogen-bond acceptors (Lipinski definition) is 7. The molecule has 8 nitrogen and oxygen atoms in total. The Kier molecular flexibility index (Phi) is 6.86. The van der Waals surface area contributed by atoms with Crippen LogP contribution < -0.4 is 5.32 Å². The monoisotopic (exact) mass is 443 g/mol. The second kappa shape index (κ2) is 9.23. The normalized spacial score (nSPS) is 19.8. The number of aliphatic hydroxyl groups excluding tert-OH is 1. The Hall–Kier alpha value is -2.65. The van der Waals surface area contributed by atoms with Gasteiger partial charge in [0.05, 0.1) is 22.2 Å². The molecule has 2 aromatic rings. The lowest BCUT2D eigenvalue weighted by Gasteiger charge is -2.31. The first-order valence-corrected chi connectivity index (χ1v) is 11.1. The van der Waals surface area contributed by atoms with E-state index < -0.39 is 29.5 Å². The number of benzene rings is 1. The number of β-amino-alcohol motifs (C(OH)–C–C–N with tert-alkyl or cyclic N) is 1. The van der Waals surface area contributed by atoms with Gasteiger partial charge in [0.1, 0.15) is 6.04 Å². The van der Waals surface area contributed by atoms with Crippen molar-refractivity contribution in [3.05, 3.63) is 41.0 Å². The van der Waals surface area contributed by atoms with E-state index in [1.54, 1.807) is 11.3 Å². The van der Waals surface area contributed by atoms with E-state index in [0.717, 1.165) is 21.7 Å². The van der Waals surface area contributed by atoms with Crippen LogP contribution in [0.25, 0.3) is 10.4 Å². The number of thiazole rings is 1. The minimum absolute atomic E-state index is 0.0713. The first-order valence-electron chi connectivity index (χ1n) is 10.2. The predicted molar refractivity (Wildman–Crippen MR) is 119 cm³/mol. The van der Waals surface area contributed by atoms with Crippen molar-refractivity contribution in [2.75, 3.05) is 6.54 Å². The van der Waals surface area contributed by atoms with Crippen LogP contribution in [0.1, 0.15) is 38.4 Å². The van der Waals surface area contributed by atoms with Crippen LogP contribution in [0.15, 0.2) is 34.9 Å². The number of amides is 2. The minimum atomic E-state index is -0.893. The molecule has 166 valence electrons. The summed E-state index contributed by atoms with van der Waals surface area (Å²) in [6.45, 7) is 7.84. The molecule has 0 radical (unpaired) electrons. The third-order valence-electron chi connectivity index (χ3n) is 5.48. The number of rotatable bonds is 6. The van der Waals surface area contributed by atoms with E-state index in [-0.39, 0.29) is 18.9 Å². The molecule has 1 fully saturated rings. The molecule has 1 aliphatic rings. The number of carbonyl (C=O) groups is 2. The lowest BCUT2D eigenvalue weighted by Crippen LogP contribution is -2.51. The van der Waals surface area contributed by atoms with E-state index in [2.05, 4.69) is 15.4 Å². The summed E-state index contributed by atoms with van der Waals surface area (Å²) < 4.78 is 0. The number of likely N-dealkylation sites (tertiary alicyclic amines) is 1. The quantitative estimate of drug-likeness (QED) is 0.594. The van der Waals surface area contributed by atoms with E-state index in [1.807, 2.05) is 57.5 Å². The molecule has 0 aliphatic carbocycles. The lowest BCUT2D eigenvalue weighted by atomic mass is 9.86. The highest BCUT2D eigenvalue weighted by molar-refractivity contribution is 7.13. The van der Waals surface area contributed by atoms with Gasteiger partial charge in [0.2, 0.25) is 5.91 Å². The van der Waals surface area contributed by atoms with Crippen molar-refractivity contribution in [2.24, 2.45) is 10.5 Å². The number of aromatic nitrogens is 1. The van der Waals surface area contributed by atoms with Crippen molar-refractivity contribution in [2.45, 2.75) is 58.8 Å². The fourth-order valence-corrected chi connectivity index (χ4v) is 4.55. The topological polar surface area (TPSA) is 119 Å². The predicted octanol–water partition coefficient (Wildman–Crippen LogP) is 3.14. The Bertz CT molecular complexity index is 951. The van der Waals surface area contributed by atoms with Crippen LogP contribution in [0.4, 0.5) is 0 Å². The number of nitrogens with zero attached hydrogens (tertiary/aromatic N) is 3. The van der Waals surface area contributed by atoms with E-state index >= 15 is 0 Å². The smallest absolute Gasteiger partial charge is 0.250 e. The van der Waals surface area contributed by atoms with Gasteiger partial charge in [-0.3, -0.25) is 9.59 Å². The van der Waals surface area contributed by atoms with E-state index in [1.165, 1.54) is 4.90 Å². The van der Waals surface area contributed by atoms with Crippen LogP contribution in [-0.4, -0.2) is 51.5 Å². The van der Waals surface area contributed by atoms with Gasteiger partial charge >= 0.3 is 0 Å². The Labute approximate surface area is 186 Å². The second-order valence-electron chi connectivity index (χ2n) is 8.98. The maximum Gasteiger partial charge on any atom is 0.250 e. The molecule has 1 aromatic heterocycles. The van der Waals surface area contributed by atoms with Gasteiger partial charge in [-0.15, -0.1) is 11.3 Å². The summed E-state index contributed by atoms with van der Waals surface area (Å²) in [6.07, 6.45) is -0.594. The van der Waals surface area contributed by atoms with Crippen LogP contribution in [0.3, 0.4) is 0 Å². The summed E-state index contributed by atoms with van der Waals surface area (Å²) >= 11 is 1.59. The fourth-order valence-electron chi connectivity index (χ4n) is 3.74. The molecule has 3 atom stereocenters. The summed E-state index contributed by atoms with van der Waals surface area (Å²) in [5.41, 5.74) is 11.7. The zero-order chi connectivity index (χ0) is 22.8. The van der Waals surface area contributed by atoms with Crippen molar-refractivity contribution in [1.82, 2.24) is 15.2 Å². The highest BCUT2D eigenvalue weighted by atomic mass is 32.1. The van der Waals surface area contributed by atoms with Gasteiger partial charge in [0, 0.05) is 19.5 Å². The molecule has 1 saturated heterocycles. The van der Waals surface area contributed by atoms with Crippen molar-refractivity contribution in [3.63, 3.8) is 0 Å². The van der Waals surface area contributed by atoms with Gasteiger partial charge in [-0.25, -0.2) is 10.5 Å². The zero-order valence-corrected chi connectivity index (χ0v) is 19.1. The van der Waals surface area contributed by atoms with Gasteiger partial charge in [0.15, 0.2) is 6.04 Å². The van der Waals surface area contributed by atoms with Crippen molar-refractivity contribution in [1.29, 1.82) is 5.53 Å². The SMILES string of the molecule is Cc1ncsc1-c1ccc(CNC(=O)[C@@H]2CC(O)CN2C(=O)[C@@H](N=N)C(C)(C)C)cc1. The summed E-state index contributed by atoms with van der Waals surface area (Å²) in [4.78, 5) is 32.5. The molecule has 2 amide bonds. The maximum absolute atomic E-state index is 13.0. The highest BCUT2D eigenvalue weighted by Gasteiger charge is 2.44. The molecular weight excluding hydrogens is 414 g/mol. The molecule has 3 N–H and O–H groups in total. The van der Waals surface area contributed by atoms with E-state index in [9.17, 15) is 14.7 Å². The Morgan fingerprint density at radius 1 is 1.35 bits per heavy atom. The van der Waals surface area contributed by atoms with E-state index in [4.69, 9.17) is 5.53 Å². The molecule has 2 heterocycles. The van der Waals surface area contributed by atoms with Crippen LogP contribution in [0.5, 0.6) is 0 Å². The first kappa shape index (κ1) is 23.0. The van der Waals surface area contributed by atoms with Gasteiger partial charge < -0.3 is 15.3 Å². The first-order chi connectivity index (χ1) is 14.6. The molecule has 1 aromatic carbocycles. The number of aliphatic hydroxyl groups is 1. The molecular formula is C22H29N5O3S. The third-order valence-corrected chi connectivity index (χ3v) is 6.45. The number of carbonyl (C=O) groups excluding carboxylic acids is 2. The van der Waals surface area contributed by atoms with Gasteiger partial charge in [0.25, 0.3) is 5.91 Å². The van der Waals surface area contributed by atoms with Crippen LogP contribution in [0, 0.1) is 17.9 Å². The maximum atomic E-state index is 13.0. The molecule has 0 saturated carbocycles. The highest BCUT2D eigenvalue weighted by Crippen LogP contribution is 2.29. The minimum Gasteiger partial charge on any atom is -0.391 e. The molecule has 0 spiro atoms. The van der Waals surface area contributed by atoms with Gasteiger partial charge in [-0.1, -0.05) is 45.0 Å². The third kappa shape index (κ3) is 5.16. The average Bonchev–Trinajstić information content (AvgIpc) is 3.31. The lowest BCUT2D eigenvalue weighted by molar-refractivity contribution is -0.141. The van der Waals surface area contributed by atoms with Crippen molar-refractivity contribution >= 4 is 23.2 Å². The van der Waals surface area contributed by atoms with Crippen LogP contribution >= 0.6 is 11.3 Å². The van der Waals surface area contributed by atoms with Gasteiger partial charge in [-0.05, 0) is 23.5 Å². The van der Waals surface area contributed by atoms with E-state index in [0.29, 0.717) is 6.54 Å². The summed E-state index contributed by atoms with van der Waals surface area (Å²) in [5.74, 6) is -0.714. The standard InChI is InChI=1S/C22H29N5O3S/c1-13-18(31-12-25-13)15-7-5-14(6-8-15)10-24-20(29)17-9-16(28)11-27(17)21(30)19(26-23)22(2,3)4/h5-8,12,16-17,19,23,28H,9-11H2,1-4H3,(H,24,29)/t16?,17-,19+/m0/s1. The summed E-state index contributed by atoms with van der Waals surface area (Å²) in [7, 11) is 0. The summed E-state index contributed by atoms with van der Waals surface area (Å²) in [6, 6.07) is 6.25. The number of aryl methyl sites for hydroxylation is 1. The average molecular weight is 444 g/mol. The molecule has 3 rings (SSSR count). The molecule has 1 unspecified atom stereocenters. The Balaban J connectivity index is 1.65. The second-order valence-corrected chi connectivity index (χ2v) is 9.83. The fraction of sp³-hybridized carbons (Fsp3) is 0.500. The Morgan fingerprint density at radius 3 is 2.58 bits per heavy atom. The van der Waals surface area contributed by atoms with Crippen LogP contribution in [-0.2, 0) is 16.1 Å². The van der Waals surface area contributed by atoms with Crippen molar-refractivity contribution in [3.8, 4) is 10.4 Å². The number of nitrogens with one attached hydrogen (secondary N) is 2. The van der Waals surface area contributed by atoms with Crippen LogP contribution in [0.2, 0.25) is 0 Å². The molecule has 31 heavy (non-hydrogen) atoms.